The number of rotatable bonds is 2. The number of aliphatic hydroxyl groups excluding tert-OH is 1. The van der Waals surface area contributed by atoms with Gasteiger partial charge in [0.05, 0.1) is 6.20 Å². The Bertz CT molecular complexity index is 152. The van der Waals surface area contributed by atoms with Crippen molar-refractivity contribution in [1.29, 1.82) is 0 Å². The molecule has 0 rings (SSSR count). The summed E-state index contributed by atoms with van der Waals surface area (Å²) in [6.07, 6.45) is 0.977. The van der Waals surface area contributed by atoms with E-state index in [9.17, 15) is 9.59 Å². The summed E-state index contributed by atoms with van der Waals surface area (Å²) >= 11 is 0. The highest BCUT2D eigenvalue weighted by molar-refractivity contribution is 5.75. The Morgan fingerprint density at radius 1 is 1.67 bits per heavy atom. The van der Waals surface area contributed by atoms with Gasteiger partial charge in [-0.15, -0.1) is 0 Å². The van der Waals surface area contributed by atoms with E-state index in [2.05, 4.69) is 5.73 Å². The molecule has 0 fully saturated rings. The highest BCUT2D eigenvalue weighted by atomic mass is 16.3. The molecule has 0 aromatic carbocycles. The number of amides is 2. The topological polar surface area (TPSA) is 92.4 Å². The van der Waals surface area contributed by atoms with Gasteiger partial charge in [0.1, 0.15) is 0 Å². The Labute approximate surface area is 51.2 Å². The number of hydrogen-bond donors (Lipinski definition) is 3. The van der Waals surface area contributed by atoms with Crippen LogP contribution in [0, 0.1) is 0 Å². The fraction of sp³-hybridized carbons (Fsp3) is 0. The molecule has 0 aliphatic heterocycles. The van der Waals surface area contributed by atoms with Crippen molar-refractivity contribution in [2.75, 3.05) is 0 Å². The predicted molar refractivity (Wildman–Crippen MR) is 29.5 cm³/mol. The minimum Gasteiger partial charge on any atom is -0.504 e. The number of carbonyl (C=O) groups excluding carboxylic acids is 2. The largest absolute Gasteiger partial charge is 0.504 e. The van der Waals surface area contributed by atoms with E-state index in [4.69, 9.17) is 5.11 Å². The molecule has 4 N–H and O–H groups in total. The molecule has 2 amide bonds. The maximum atomic E-state index is 9.86. The SMILES string of the molecule is NC(=O)N/C=C(\O)C=O. The number of aliphatic hydroxyl groups is 1. The van der Waals surface area contributed by atoms with Crippen LogP contribution in [0.15, 0.2) is 12.0 Å². The second-order valence-corrected chi connectivity index (χ2v) is 1.20. The normalized spacial score (nSPS) is 10.4. The molecule has 0 unspecified atom stereocenters. The number of nitrogens with one attached hydrogen (secondary N) is 1. The van der Waals surface area contributed by atoms with Crippen LogP contribution in [0.25, 0.3) is 0 Å². The van der Waals surface area contributed by atoms with Gasteiger partial charge in [0.2, 0.25) is 0 Å². The van der Waals surface area contributed by atoms with Crippen molar-refractivity contribution in [3.8, 4) is 0 Å². The van der Waals surface area contributed by atoms with Crippen molar-refractivity contribution < 1.29 is 14.7 Å². The van der Waals surface area contributed by atoms with Crippen molar-refractivity contribution in [3.63, 3.8) is 0 Å². The first-order chi connectivity index (χ1) is 4.16. The zero-order chi connectivity index (χ0) is 7.28. The smallest absolute Gasteiger partial charge is 0.316 e. The maximum Gasteiger partial charge on any atom is 0.316 e. The van der Waals surface area contributed by atoms with Gasteiger partial charge in [0.25, 0.3) is 0 Å². The summed E-state index contributed by atoms with van der Waals surface area (Å²) in [6, 6.07) is -0.830. The predicted octanol–water partition coefficient (Wildman–Crippen LogP) is -0.747. The third-order valence-corrected chi connectivity index (χ3v) is 0.483. The highest BCUT2D eigenvalue weighted by Gasteiger charge is 1.87. The van der Waals surface area contributed by atoms with Gasteiger partial charge in [0.15, 0.2) is 12.0 Å². The van der Waals surface area contributed by atoms with E-state index >= 15 is 0 Å². The molecule has 0 spiro atoms. The molecule has 0 saturated heterocycles. The zero-order valence-electron chi connectivity index (χ0n) is 4.50. The van der Waals surface area contributed by atoms with E-state index in [1.54, 1.807) is 0 Å². The first kappa shape index (κ1) is 7.48. The van der Waals surface area contributed by atoms with Gasteiger partial charge >= 0.3 is 6.03 Å². The summed E-state index contributed by atoms with van der Waals surface area (Å²) in [7, 11) is 0. The van der Waals surface area contributed by atoms with Crippen LogP contribution in [0.5, 0.6) is 0 Å². The summed E-state index contributed by atoms with van der Waals surface area (Å²) in [5, 5.41) is 10.2. The monoisotopic (exact) mass is 130 g/mol. The quantitative estimate of drug-likeness (QED) is 0.261. The lowest BCUT2D eigenvalue weighted by atomic mass is 10.6. The van der Waals surface area contributed by atoms with E-state index in [1.807, 2.05) is 5.32 Å². The molecule has 5 heteroatoms. The molecule has 0 aliphatic rings. The summed E-state index contributed by atoms with van der Waals surface area (Å²) < 4.78 is 0. The number of nitrogens with two attached hydrogens (primary N) is 1. The standard InChI is InChI=1S/C4H6N2O3/c5-4(9)6-1-3(8)2-7/h1-2,8H,(H3,5,6,9)/b3-1-. The van der Waals surface area contributed by atoms with Gasteiger partial charge in [-0.1, -0.05) is 0 Å². The number of primary amides is 1. The van der Waals surface area contributed by atoms with Gasteiger partial charge in [0, 0.05) is 0 Å². The second kappa shape index (κ2) is 3.48. The third-order valence-electron chi connectivity index (χ3n) is 0.483. The molecular formula is C4H6N2O3. The Hall–Kier alpha value is -1.52. The Morgan fingerprint density at radius 2 is 2.22 bits per heavy atom. The molecule has 0 radical (unpaired) electrons. The highest BCUT2D eigenvalue weighted by Crippen LogP contribution is 1.74. The average molecular weight is 130 g/mol. The average Bonchev–Trinajstić information content (AvgIpc) is 1.83. The van der Waals surface area contributed by atoms with Crippen molar-refractivity contribution in [2.24, 2.45) is 5.73 Å². The summed E-state index contributed by atoms with van der Waals surface area (Å²) in [4.78, 5) is 19.5. The van der Waals surface area contributed by atoms with Crippen LogP contribution in [0.4, 0.5) is 4.79 Å². The minimum absolute atomic E-state index is 0.177. The number of aldehydes is 1. The number of urea groups is 1. The Morgan fingerprint density at radius 3 is 2.56 bits per heavy atom. The lowest BCUT2D eigenvalue weighted by Gasteiger charge is -1.89. The molecular weight excluding hydrogens is 124 g/mol. The lowest BCUT2D eigenvalue weighted by molar-refractivity contribution is -0.107. The summed E-state index contributed by atoms with van der Waals surface area (Å²) in [5.74, 6) is -0.575. The van der Waals surface area contributed by atoms with Gasteiger partial charge in [-0.3, -0.25) is 4.79 Å². The van der Waals surface area contributed by atoms with Crippen LogP contribution in [0.1, 0.15) is 0 Å². The first-order valence-electron chi connectivity index (χ1n) is 2.07. The van der Waals surface area contributed by atoms with E-state index in [1.165, 1.54) is 0 Å². The molecule has 0 atom stereocenters. The van der Waals surface area contributed by atoms with Crippen molar-refractivity contribution in [1.82, 2.24) is 5.32 Å². The Balaban J connectivity index is 3.69. The summed E-state index contributed by atoms with van der Waals surface area (Å²) in [5.41, 5.74) is 4.57. The number of allylic oxidation sites excluding steroid dienone is 1. The zero-order valence-corrected chi connectivity index (χ0v) is 4.50. The van der Waals surface area contributed by atoms with Crippen LogP contribution in [0.3, 0.4) is 0 Å². The molecule has 5 nitrogen and oxygen atoms in total. The van der Waals surface area contributed by atoms with E-state index in [0.717, 1.165) is 6.20 Å². The van der Waals surface area contributed by atoms with E-state index in [-0.39, 0.29) is 6.29 Å². The van der Waals surface area contributed by atoms with Crippen molar-refractivity contribution in [2.45, 2.75) is 0 Å². The molecule has 0 aromatic rings. The Kier molecular flexibility index (Phi) is 2.89. The first-order valence-corrected chi connectivity index (χ1v) is 2.07. The molecule has 0 saturated carbocycles. The molecule has 9 heavy (non-hydrogen) atoms. The third kappa shape index (κ3) is 4.33. The van der Waals surface area contributed by atoms with Crippen LogP contribution >= 0.6 is 0 Å². The molecule has 0 heterocycles. The van der Waals surface area contributed by atoms with Gasteiger partial charge in [-0.05, 0) is 0 Å². The van der Waals surface area contributed by atoms with Crippen LogP contribution < -0.4 is 11.1 Å². The summed E-state index contributed by atoms with van der Waals surface area (Å²) in [6.45, 7) is 0. The van der Waals surface area contributed by atoms with Gasteiger partial charge in [-0.2, -0.15) is 0 Å². The molecule has 0 aromatic heterocycles. The number of carbonyl (C=O) groups is 2. The lowest BCUT2D eigenvalue weighted by Crippen LogP contribution is -2.24. The maximum absolute atomic E-state index is 9.86. The minimum atomic E-state index is -0.830. The van der Waals surface area contributed by atoms with E-state index < -0.39 is 11.8 Å². The van der Waals surface area contributed by atoms with Crippen LogP contribution in [-0.2, 0) is 4.79 Å². The second-order valence-electron chi connectivity index (χ2n) is 1.20. The van der Waals surface area contributed by atoms with Gasteiger partial charge in [-0.25, -0.2) is 4.79 Å². The van der Waals surface area contributed by atoms with E-state index in [0.29, 0.717) is 0 Å². The molecule has 0 aliphatic carbocycles. The van der Waals surface area contributed by atoms with Gasteiger partial charge < -0.3 is 16.2 Å². The van der Waals surface area contributed by atoms with Crippen LogP contribution in [-0.4, -0.2) is 17.4 Å². The molecule has 50 valence electrons. The fourth-order valence-electron chi connectivity index (χ4n) is 0.179. The number of hydrogen-bond acceptors (Lipinski definition) is 3. The van der Waals surface area contributed by atoms with Crippen LogP contribution in [0.2, 0.25) is 0 Å². The fourth-order valence-corrected chi connectivity index (χ4v) is 0.179. The van der Waals surface area contributed by atoms with Crippen molar-refractivity contribution in [3.05, 3.63) is 12.0 Å². The molecule has 0 bridgehead atoms. The van der Waals surface area contributed by atoms with Crippen molar-refractivity contribution >= 4 is 12.3 Å².